The van der Waals surface area contributed by atoms with Gasteiger partial charge in [-0.2, -0.15) is 0 Å². The van der Waals surface area contributed by atoms with Gasteiger partial charge in [0, 0.05) is 6.04 Å². The minimum atomic E-state index is 0.378. The van der Waals surface area contributed by atoms with Crippen molar-refractivity contribution in [3.8, 4) is 5.75 Å². The minimum absolute atomic E-state index is 0.378. The Balaban J connectivity index is 1.97. The summed E-state index contributed by atoms with van der Waals surface area (Å²) in [4.78, 5) is 0. The number of rotatable bonds is 6. The van der Waals surface area contributed by atoms with E-state index in [9.17, 15) is 0 Å². The highest BCUT2D eigenvalue weighted by molar-refractivity contribution is 5.31. The lowest BCUT2D eigenvalue weighted by Crippen LogP contribution is -2.17. The second-order valence-electron chi connectivity index (χ2n) is 5.63. The molecule has 0 fully saturated rings. The van der Waals surface area contributed by atoms with Crippen molar-refractivity contribution < 1.29 is 4.74 Å². The van der Waals surface area contributed by atoms with E-state index < -0.39 is 0 Å². The van der Waals surface area contributed by atoms with Crippen molar-refractivity contribution in [1.82, 2.24) is 5.32 Å². The maximum Gasteiger partial charge on any atom is 0.119 e. The third-order valence-corrected chi connectivity index (χ3v) is 3.58. The highest BCUT2D eigenvalue weighted by Crippen LogP contribution is 2.19. The molecule has 1 atom stereocenters. The summed E-state index contributed by atoms with van der Waals surface area (Å²) >= 11 is 0. The van der Waals surface area contributed by atoms with E-state index in [1.54, 1.807) is 0 Å². The second kappa shape index (κ2) is 7.28. The van der Waals surface area contributed by atoms with E-state index in [-0.39, 0.29) is 0 Å². The van der Waals surface area contributed by atoms with Crippen molar-refractivity contribution >= 4 is 0 Å². The lowest BCUT2D eigenvalue weighted by molar-refractivity contribution is 0.306. The molecule has 0 bridgehead atoms. The largest absolute Gasteiger partial charge is 0.489 e. The van der Waals surface area contributed by atoms with E-state index in [2.05, 4.69) is 63.3 Å². The lowest BCUT2D eigenvalue weighted by atomic mass is 10.1. The Morgan fingerprint density at radius 1 is 1.00 bits per heavy atom. The van der Waals surface area contributed by atoms with Gasteiger partial charge in [-0.3, -0.25) is 0 Å². The summed E-state index contributed by atoms with van der Waals surface area (Å²) in [5.41, 5.74) is 5.07. The second-order valence-corrected chi connectivity index (χ2v) is 5.63. The van der Waals surface area contributed by atoms with Gasteiger partial charge in [0.1, 0.15) is 12.4 Å². The van der Waals surface area contributed by atoms with Gasteiger partial charge < -0.3 is 10.1 Å². The molecule has 0 heterocycles. The first kappa shape index (κ1) is 15.6. The van der Waals surface area contributed by atoms with Gasteiger partial charge in [0.15, 0.2) is 0 Å². The molecule has 2 nitrogen and oxygen atoms in total. The maximum absolute atomic E-state index is 5.88. The van der Waals surface area contributed by atoms with Gasteiger partial charge in [0.05, 0.1) is 0 Å². The zero-order chi connectivity index (χ0) is 15.2. The van der Waals surface area contributed by atoms with Gasteiger partial charge in [0.2, 0.25) is 0 Å². The van der Waals surface area contributed by atoms with Crippen LogP contribution in [0, 0.1) is 13.8 Å². The Morgan fingerprint density at radius 3 is 2.19 bits per heavy atom. The summed E-state index contributed by atoms with van der Waals surface area (Å²) < 4.78 is 5.88. The highest BCUT2D eigenvalue weighted by atomic mass is 16.5. The van der Waals surface area contributed by atoms with Crippen LogP contribution in [0.2, 0.25) is 0 Å². The number of hydrogen-bond donors (Lipinski definition) is 1. The normalized spacial score (nSPS) is 12.2. The third kappa shape index (κ3) is 4.61. The van der Waals surface area contributed by atoms with Crippen LogP contribution in [-0.4, -0.2) is 6.54 Å². The van der Waals surface area contributed by atoms with Crippen molar-refractivity contribution in [2.75, 3.05) is 6.54 Å². The Kier molecular flexibility index (Phi) is 5.40. The van der Waals surface area contributed by atoms with Crippen LogP contribution in [0.25, 0.3) is 0 Å². The van der Waals surface area contributed by atoms with Crippen molar-refractivity contribution in [2.24, 2.45) is 0 Å². The van der Waals surface area contributed by atoms with Crippen LogP contribution in [0.5, 0.6) is 5.75 Å². The van der Waals surface area contributed by atoms with Gasteiger partial charge in [-0.15, -0.1) is 0 Å². The Bertz CT molecular complexity index is 554. The molecule has 0 aliphatic heterocycles. The molecule has 0 aliphatic carbocycles. The molecule has 2 rings (SSSR count). The molecule has 0 saturated heterocycles. The number of ether oxygens (including phenoxy) is 1. The Hall–Kier alpha value is -1.80. The molecule has 21 heavy (non-hydrogen) atoms. The van der Waals surface area contributed by atoms with E-state index in [4.69, 9.17) is 4.74 Å². The zero-order valence-electron chi connectivity index (χ0n) is 13.4. The number of aryl methyl sites for hydroxylation is 2. The molecule has 0 aromatic heterocycles. The van der Waals surface area contributed by atoms with E-state index >= 15 is 0 Å². The van der Waals surface area contributed by atoms with Gasteiger partial charge in [-0.25, -0.2) is 0 Å². The molecule has 0 amide bonds. The first-order chi connectivity index (χ1) is 10.1. The third-order valence-electron chi connectivity index (χ3n) is 3.58. The predicted molar refractivity (Wildman–Crippen MR) is 88.8 cm³/mol. The molecule has 0 aliphatic rings. The fourth-order valence-electron chi connectivity index (χ4n) is 2.60. The molecule has 2 aromatic carbocycles. The Labute approximate surface area is 128 Å². The summed E-state index contributed by atoms with van der Waals surface area (Å²) in [6, 6.07) is 15.3. The molecule has 1 unspecified atom stereocenters. The summed E-state index contributed by atoms with van der Waals surface area (Å²) in [6.07, 6.45) is 0. The van der Waals surface area contributed by atoms with Gasteiger partial charge in [-0.05, 0) is 50.6 Å². The fraction of sp³-hybridized carbons (Fsp3) is 0.368. The van der Waals surface area contributed by atoms with Crippen molar-refractivity contribution in [1.29, 1.82) is 0 Å². The quantitative estimate of drug-likeness (QED) is 0.839. The monoisotopic (exact) mass is 283 g/mol. The molecule has 0 radical (unpaired) electrons. The van der Waals surface area contributed by atoms with E-state index in [1.807, 2.05) is 12.1 Å². The van der Waals surface area contributed by atoms with Gasteiger partial charge in [-0.1, -0.05) is 48.4 Å². The lowest BCUT2D eigenvalue weighted by Gasteiger charge is -2.13. The SMILES string of the molecule is CCNC(C)c1ccc(OCc2cc(C)cc(C)c2)cc1. The summed E-state index contributed by atoms with van der Waals surface area (Å²) in [5, 5.41) is 3.41. The van der Waals surface area contributed by atoms with E-state index in [0.29, 0.717) is 12.6 Å². The topological polar surface area (TPSA) is 21.3 Å². The van der Waals surface area contributed by atoms with Gasteiger partial charge >= 0.3 is 0 Å². The van der Waals surface area contributed by atoms with Crippen LogP contribution in [-0.2, 0) is 6.61 Å². The highest BCUT2D eigenvalue weighted by Gasteiger charge is 2.04. The average molecular weight is 283 g/mol. The fourth-order valence-corrected chi connectivity index (χ4v) is 2.60. The Morgan fingerprint density at radius 2 is 1.62 bits per heavy atom. The van der Waals surface area contributed by atoms with Crippen molar-refractivity contribution in [3.63, 3.8) is 0 Å². The van der Waals surface area contributed by atoms with Crippen LogP contribution in [0.1, 0.15) is 42.1 Å². The predicted octanol–water partition coefficient (Wildman–Crippen LogP) is 4.55. The van der Waals surface area contributed by atoms with Crippen molar-refractivity contribution in [2.45, 2.75) is 40.3 Å². The number of nitrogens with one attached hydrogen (secondary N) is 1. The van der Waals surface area contributed by atoms with Gasteiger partial charge in [0.25, 0.3) is 0 Å². The first-order valence-corrected chi connectivity index (χ1v) is 7.62. The van der Waals surface area contributed by atoms with Crippen LogP contribution < -0.4 is 10.1 Å². The van der Waals surface area contributed by atoms with E-state index in [0.717, 1.165) is 12.3 Å². The molecule has 2 aromatic rings. The number of hydrogen-bond acceptors (Lipinski definition) is 2. The average Bonchev–Trinajstić information content (AvgIpc) is 2.45. The molecule has 0 saturated carbocycles. The molecule has 2 heteroatoms. The summed E-state index contributed by atoms with van der Waals surface area (Å²) in [7, 11) is 0. The number of benzene rings is 2. The standard InChI is InChI=1S/C19H25NO/c1-5-20-16(4)18-6-8-19(9-7-18)21-13-17-11-14(2)10-15(3)12-17/h6-12,16,20H,5,13H2,1-4H3. The molecular formula is C19H25NO. The van der Waals surface area contributed by atoms with Crippen LogP contribution >= 0.6 is 0 Å². The van der Waals surface area contributed by atoms with Crippen LogP contribution in [0.4, 0.5) is 0 Å². The minimum Gasteiger partial charge on any atom is -0.489 e. The van der Waals surface area contributed by atoms with Crippen molar-refractivity contribution in [3.05, 3.63) is 64.7 Å². The first-order valence-electron chi connectivity index (χ1n) is 7.62. The summed E-state index contributed by atoms with van der Waals surface area (Å²) in [6.45, 7) is 10.1. The maximum atomic E-state index is 5.88. The van der Waals surface area contributed by atoms with Crippen LogP contribution in [0.3, 0.4) is 0 Å². The molecular weight excluding hydrogens is 258 g/mol. The molecule has 0 spiro atoms. The molecule has 112 valence electrons. The summed E-state index contributed by atoms with van der Waals surface area (Å²) in [5.74, 6) is 0.918. The van der Waals surface area contributed by atoms with E-state index in [1.165, 1.54) is 22.3 Å². The van der Waals surface area contributed by atoms with Crippen LogP contribution in [0.15, 0.2) is 42.5 Å². The zero-order valence-corrected chi connectivity index (χ0v) is 13.4. The molecule has 1 N–H and O–H groups in total. The smallest absolute Gasteiger partial charge is 0.119 e.